The fourth-order valence-electron chi connectivity index (χ4n) is 2.79. The van der Waals surface area contributed by atoms with Crippen LogP contribution in [0.15, 0.2) is 0 Å². The summed E-state index contributed by atoms with van der Waals surface area (Å²) in [6, 6.07) is -0.653. The van der Waals surface area contributed by atoms with Gasteiger partial charge >= 0.3 is 5.97 Å². The molecule has 2 aliphatic rings. The van der Waals surface area contributed by atoms with Gasteiger partial charge in [-0.1, -0.05) is 0 Å². The van der Waals surface area contributed by atoms with Crippen LogP contribution in [0.2, 0.25) is 0 Å². The molecule has 6 nitrogen and oxygen atoms in total. The Labute approximate surface area is 119 Å². The second-order valence-electron chi connectivity index (χ2n) is 5.37. The smallest absolute Gasteiger partial charge is 0.326 e. The molecule has 1 N–H and O–H groups in total. The molecule has 0 saturated carbocycles. The molecule has 2 aliphatic heterocycles. The minimum atomic E-state index is -0.900. The van der Waals surface area contributed by atoms with Gasteiger partial charge in [0, 0.05) is 19.8 Å². The van der Waals surface area contributed by atoms with E-state index in [1.54, 1.807) is 0 Å². The van der Waals surface area contributed by atoms with Crippen LogP contribution in [0.4, 0.5) is 0 Å². The first-order valence-electron chi connectivity index (χ1n) is 7.40. The lowest BCUT2D eigenvalue weighted by Gasteiger charge is -2.33. The summed E-state index contributed by atoms with van der Waals surface area (Å²) in [6.07, 6.45) is 4.50. The maximum atomic E-state index is 12.1. The standard InChI is InChI=1S/C14H23NO5/c16-13(6-10-20-11-4-8-19-9-5-11)15-7-2-1-3-12(15)14(17)18/h11-12H,1-10H2,(H,17,18). The lowest BCUT2D eigenvalue weighted by atomic mass is 10.0. The monoisotopic (exact) mass is 285 g/mol. The number of carbonyl (C=O) groups excluding carboxylic acids is 1. The number of amides is 1. The molecule has 1 unspecified atom stereocenters. The summed E-state index contributed by atoms with van der Waals surface area (Å²) in [5.74, 6) is -1.01. The van der Waals surface area contributed by atoms with Crippen molar-refractivity contribution in [2.45, 2.75) is 50.7 Å². The van der Waals surface area contributed by atoms with E-state index in [1.165, 1.54) is 4.90 Å². The van der Waals surface area contributed by atoms with Crippen LogP contribution in [0.3, 0.4) is 0 Å². The molecule has 20 heavy (non-hydrogen) atoms. The van der Waals surface area contributed by atoms with Crippen molar-refractivity contribution in [1.29, 1.82) is 0 Å². The Balaban J connectivity index is 1.73. The van der Waals surface area contributed by atoms with Gasteiger partial charge in [0.15, 0.2) is 0 Å². The molecule has 0 spiro atoms. The summed E-state index contributed by atoms with van der Waals surface area (Å²) in [4.78, 5) is 24.8. The molecule has 0 bridgehead atoms. The van der Waals surface area contributed by atoms with Crippen LogP contribution in [0.1, 0.15) is 38.5 Å². The molecule has 1 atom stereocenters. The number of ether oxygens (including phenoxy) is 2. The van der Waals surface area contributed by atoms with E-state index in [1.807, 2.05) is 0 Å². The number of piperidine rings is 1. The Bertz CT molecular complexity index is 340. The summed E-state index contributed by atoms with van der Waals surface area (Å²) in [5, 5.41) is 9.15. The second kappa shape index (κ2) is 7.59. The Morgan fingerprint density at radius 1 is 1.20 bits per heavy atom. The van der Waals surface area contributed by atoms with Crippen LogP contribution < -0.4 is 0 Å². The lowest BCUT2D eigenvalue weighted by molar-refractivity contribution is -0.152. The Hall–Kier alpha value is -1.14. The number of carboxylic acids is 1. The quantitative estimate of drug-likeness (QED) is 0.816. The molecule has 0 aromatic rings. The topological polar surface area (TPSA) is 76.1 Å². The van der Waals surface area contributed by atoms with E-state index in [-0.39, 0.29) is 18.4 Å². The van der Waals surface area contributed by atoms with Gasteiger partial charge in [0.1, 0.15) is 6.04 Å². The fraction of sp³-hybridized carbons (Fsp3) is 0.857. The van der Waals surface area contributed by atoms with Crippen LogP contribution in [0.5, 0.6) is 0 Å². The molecule has 2 saturated heterocycles. The van der Waals surface area contributed by atoms with E-state index in [0.29, 0.717) is 32.8 Å². The number of carboxylic acid groups (broad SMARTS) is 1. The van der Waals surface area contributed by atoms with Gasteiger partial charge in [0.05, 0.1) is 19.1 Å². The predicted molar refractivity (Wildman–Crippen MR) is 71.4 cm³/mol. The number of carbonyl (C=O) groups is 2. The fourth-order valence-corrected chi connectivity index (χ4v) is 2.79. The summed E-state index contributed by atoms with van der Waals surface area (Å²) in [6.45, 7) is 2.34. The summed E-state index contributed by atoms with van der Waals surface area (Å²) >= 11 is 0. The largest absolute Gasteiger partial charge is 0.480 e. The third kappa shape index (κ3) is 4.18. The van der Waals surface area contributed by atoms with Crippen molar-refractivity contribution in [1.82, 2.24) is 4.90 Å². The molecule has 6 heteroatoms. The highest BCUT2D eigenvalue weighted by Crippen LogP contribution is 2.18. The normalized spacial score (nSPS) is 24.6. The van der Waals surface area contributed by atoms with Gasteiger partial charge in [-0.3, -0.25) is 4.79 Å². The molecule has 114 valence electrons. The zero-order valence-corrected chi connectivity index (χ0v) is 11.8. The summed E-state index contributed by atoms with van der Waals surface area (Å²) < 4.78 is 10.9. The molecule has 0 aliphatic carbocycles. The maximum absolute atomic E-state index is 12.1. The van der Waals surface area contributed by atoms with Crippen molar-refractivity contribution in [3.05, 3.63) is 0 Å². The van der Waals surface area contributed by atoms with Crippen molar-refractivity contribution in [3.8, 4) is 0 Å². The van der Waals surface area contributed by atoms with E-state index in [4.69, 9.17) is 14.6 Å². The highest BCUT2D eigenvalue weighted by Gasteiger charge is 2.31. The number of nitrogens with zero attached hydrogens (tertiary/aromatic N) is 1. The van der Waals surface area contributed by atoms with Gasteiger partial charge in [-0.05, 0) is 32.1 Å². The molecule has 1 amide bonds. The number of likely N-dealkylation sites (tertiary alicyclic amines) is 1. The molecule has 0 aromatic carbocycles. The van der Waals surface area contributed by atoms with Crippen LogP contribution in [-0.4, -0.2) is 60.4 Å². The first-order valence-corrected chi connectivity index (χ1v) is 7.40. The van der Waals surface area contributed by atoms with E-state index in [9.17, 15) is 9.59 Å². The van der Waals surface area contributed by atoms with Gasteiger partial charge in [-0.2, -0.15) is 0 Å². The van der Waals surface area contributed by atoms with Crippen LogP contribution in [0, 0.1) is 0 Å². The number of hydrogen-bond acceptors (Lipinski definition) is 4. The molecule has 0 radical (unpaired) electrons. The Morgan fingerprint density at radius 3 is 2.65 bits per heavy atom. The van der Waals surface area contributed by atoms with Crippen LogP contribution >= 0.6 is 0 Å². The first-order chi connectivity index (χ1) is 9.68. The Morgan fingerprint density at radius 2 is 1.95 bits per heavy atom. The van der Waals surface area contributed by atoms with Gasteiger partial charge in [-0.15, -0.1) is 0 Å². The van der Waals surface area contributed by atoms with Crippen molar-refractivity contribution in [2.75, 3.05) is 26.4 Å². The minimum absolute atomic E-state index is 0.107. The zero-order valence-electron chi connectivity index (χ0n) is 11.8. The van der Waals surface area contributed by atoms with E-state index >= 15 is 0 Å². The average Bonchev–Trinajstić information content (AvgIpc) is 2.48. The highest BCUT2D eigenvalue weighted by molar-refractivity contribution is 5.83. The van der Waals surface area contributed by atoms with E-state index in [2.05, 4.69) is 0 Å². The zero-order chi connectivity index (χ0) is 14.4. The first kappa shape index (κ1) is 15.3. The highest BCUT2D eigenvalue weighted by atomic mass is 16.5. The van der Waals surface area contributed by atoms with Crippen LogP contribution in [0.25, 0.3) is 0 Å². The summed E-state index contributed by atoms with van der Waals surface area (Å²) in [7, 11) is 0. The van der Waals surface area contributed by atoms with Gasteiger partial charge in [0.25, 0.3) is 0 Å². The predicted octanol–water partition coefficient (Wildman–Crippen LogP) is 1.04. The van der Waals surface area contributed by atoms with Gasteiger partial charge < -0.3 is 19.5 Å². The van der Waals surface area contributed by atoms with Gasteiger partial charge in [0.2, 0.25) is 5.91 Å². The van der Waals surface area contributed by atoms with Crippen molar-refractivity contribution in [3.63, 3.8) is 0 Å². The maximum Gasteiger partial charge on any atom is 0.326 e. The third-order valence-corrected chi connectivity index (χ3v) is 3.95. The number of aliphatic carboxylic acids is 1. The number of rotatable bonds is 5. The SMILES string of the molecule is O=C(O)C1CCCCN1C(=O)CCOC1CCOCC1. The molecule has 0 aromatic heterocycles. The Kier molecular flexibility index (Phi) is 5.79. The average molecular weight is 285 g/mol. The van der Waals surface area contributed by atoms with Crippen LogP contribution in [-0.2, 0) is 19.1 Å². The summed E-state index contributed by atoms with van der Waals surface area (Å²) in [5.41, 5.74) is 0. The molecule has 2 rings (SSSR count). The van der Waals surface area contributed by atoms with Crippen molar-refractivity contribution in [2.24, 2.45) is 0 Å². The number of hydrogen-bond donors (Lipinski definition) is 1. The van der Waals surface area contributed by atoms with Gasteiger partial charge in [-0.25, -0.2) is 4.79 Å². The molecule has 2 fully saturated rings. The van der Waals surface area contributed by atoms with Crippen molar-refractivity contribution < 1.29 is 24.2 Å². The van der Waals surface area contributed by atoms with E-state index < -0.39 is 12.0 Å². The molecular weight excluding hydrogens is 262 g/mol. The molecule has 2 heterocycles. The molecular formula is C14H23NO5. The third-order valence-electron chi connectivity index (χ3n) is 3.95. The lowest BCUT2D eigenvalue weighted by Crippen LogP contribution is -2.48. The van der Waals surface area contributed by atoms with E-state index in [0.717, 1.165) is 25.7 Å². The minimum Gasteiger partial charge on any atom is -0.480 e. The van der Waals surface area contributed by atoms with Crippen molar-refractivity contribution >= 4 is 11.9 Å². The second-order valence-corrected chi connectivity index (χ2v) is 5.37.